The normalized spacial score (nSPS) is 20.9. The molecule has 0 saturated heterocycles. The third-order valence-corrected chi connectivity index (χ3v) is 9.01. The van der Waals surface area contributed by atoms with Crippen LogP contribution < -0.4 is 16.0 Å². The summed E-state index contributed by atoms with van der Waals surface area (Å²) in [6.07, 6.45) is 10.5. The number of H-pyrrole nitrogens is 1. The van der Waals surface area contributed by atoms with Crippen LogP contribution in [0.15, 0.2) is 21.0 Å². The van der Waals surface area contributed by atoms with Crippen LogP contribution >= 0.6 is 11.3 Å². The largest absolute Gasteiger partial charge is 0.439 e. The van der Waals surface area contributed by atoms with Gasteiger partial charge in [-0.3, -0.25) is 14.5 Å². The summed E-state index contributed by atoms with van der Waals surface area (Å²) in [7, 11) is 2.06. The summed E-state index contributed by atoms with van der Waals surface area (Å²) in [6.45, 7) is 6.13. The fourth-order valence-electron chi connectivity index (χ4n) is 5.69. The molecule has 0 bridgehead atoms. The maximum Gasteiger partial charge on any atom is 0.439 e. The predicted molar refractivity (Wildman–Crippen MR) is 147 cm³/mol. The number of aromatic amines is 1. The summed E-state index contributed by atoms with van der Waals surface area (Å²) in [4.78, 5) is 36.5. The van der Waals surface area contributed by atoms with Gasteiger partial charge in [0.25, 0.3) is 0 Å². The smallest absolute Gasteiger partial charge is 0.365 e. The second-order valence-electron chi connectivity index (χ2n) is 11.1. The lowest BCUT2D eigenvalue weighted by molar-refractivity contribution is 0.267. The van der Waals surface area contributed by atoms with Gasteiger partial charge in [-0.05, 0) is 50.4 Å². The molecule has 2 aliphatic rings. The third kappa shape index (κ3) is 5.05. The first-order valence-electron chi connectivity index (χ1n) is 13.6. The summed E-state index contributed by atoms with van der Waals surface area (Å²) in [5.41, 5.74) is 3.34. The quantitative estimate of drug-likeness (QED) is 0.312. The molecule has 38 heavy (non-hydrogen) atoms. The van der Waals surface area contributed by atoms with Crippen LogP contribution in [0.4, 0.5) is 11.8 Å². The average molecular weight is 538 g/mol. The Hall–Kier alpha value is -3.28. The Morgan fingerprint density at radius 3 is 2.68 bits per heavy atom. The van der Waals surface area contributed by atoms with Crippen molar-refractivity contribution >= 4 is 34.3 Å². The molecule has 0 aromatic carbocycles. The summed E-state index contributed by atoms with van der Waals surface area (Å²) in [5, 5.41) is 7.54. The highest BCUT2D eigenvalue weighted by molar-refractivity contribution is 7.09. The van der Waals surface area contributed by atoms with Crippen molar-refractivity contribution in [3.8, 4) is 11.6 Å². The fourth-order valence-corrected chi connectivity index (χ4v) is 6.34. The number of aromatic nitrogens is 7. The molecule has 4 aromatic rings. The Morgan fingerprint density at radius 2 is 2.03 bits per heavy atom. The summed E-state index contributed by atoms with van der Waals surface area (Å²) in [6, 6.07) is 0.253. The van der Waals surface area contributed by atoms with E-state index < -0.39 is 5.76 Å². The van der Waals surface area contributed by atoms with E-state index in [0.29, 0.717) is 29.9 Å². The van der Waals surface area contributed by atoms with Crippen molar-refractivity contribution in [1.82, 2.24) is 34.6 Å². The van der Waals surface area contributed by atoms with Gasteiger partial charge in [0.15, 0.2) is 11.5 Å². The van der Waals surface area contributed by atoms with Crippen molar-refractivity contribution in [1.29, 1.82) is 0 Å². The van der Waals surface area contributed by atoms with E-state index in [4.69, 9.17) is 19.5 Å². The maximum atomic E-state index is 11.7. The minimum Gasteiger partial charge on any atom is -0.365 e. The zero-order chi connectivity index (χ0) is 26.2. The van der Waals surface area contributed by atoms with Crippen LogP contribution in [0.2, 0.25) is 0 Å². The van der Waals surface area contributed by atoms with Gasteiger partial charge in [-0.25, -0.2) is 14.8 Å². The highest BCUT2D eigenvalue weighted by Crippen LogP contribution is 2.36. The van der Waals surface area contributed by atoms with Crippen molar-refractivity contribution < 1.29 is 4.52 Å². The van der Waals surface area contributed by atoms with Gasteiger partial charge in [-0.15, -0.1) is 11.3 Å². The van der Waals surface area contributed by atoms with E-state index in [1.165, 1.54) is 49.8 Å². The fraction of sp³-hybridized carbons (Fsp3) is 0.615. The lowest BCUT2D eigenvalue weighted by Gasteiger charge is -2.32. The van der Waals surface area contributed by atoms with Gasteiger partial charge in [0.05, 0.1) is 12.1 Å². The lowest BCUT2D eigenvalue weighted by Crippen LogP contribution is -2.31. The number of rotatable bonds is 9. The van der Waals surface area contributed by atoms with Crippen LogP contribution in [0, 0.1) is 17.8 Å². The highest BCUT2D eigenvalue weighted by atomic mass is 32.1. The monoisotopic (exact) mass is 537 g/mol. The second kappa shape index (κ2) is 10.5. The number of hydrogen-bond donors (Lipinski definition) is 2. The molecule has 4 aromatic heterocycles. The molecule has 2 fully saturated rings. The summed E-state index contributed by atoms with van der Waals surface area (Å²) in [5.74, 6) is 3.40. The molecular weight excluding hydrogens is 502 g/mol. The van der Waals surface area contributed by atoms with Crippen LogP contribution in [0.5, 0.6) is 0 Å². The van der Waals surface area contributed by atoms with Crippen LogP contribution in [-0.4, -0.2) is 47.7 Å². The van der Waals surface area contributed by atoms with Gasteiger partial charge in [-0.2, -0.15) is 4.98 Å². The summed E-state index contributed by atoms with van der Waals surface area (Å²) >= 11 is 1.64. The molecule has 4 heterocycles. The number of thiazole rings is 1. The first-order valence-corrected chi connectivity index (χ1v) is 14.5. The molecule has 1 atom stereocenters. The van der Waals surface area contributed by atoms with E-state index in [0.717, 1.165) is 29.7 Å². The van der Waals surface area contributed by atoms with Crippen LogP contribution in [-0.2, 0) is 13.1 Å². The number of hydrogen-bond acceptors (Lipinski definition) is 10. The molecule has 6 rings (SSSR count). The topological polar surface area (TPSA) is 131 Å². The van der Waals surface area contributed by atoms with Gasteiger partial charge >= 0.3 is 5.76 Å². The molecule has 202 valence electrons. The van der Waals surface area contributed by atoms with E-state index in [2.05, 4.69) is 50.8 Å². The molecule has 0 aliphatic heterocycles. The molecule has 0 spiro atoms. The first kappa shape index (κ1) is 25.0. The standard InChI is InChI=1S/C26H35N9O2S/c1-15-7-9-17(10-8-15)12-35-20-21(28-16(2)18-5-4-6-18)29-23(24-32-26(36)37-33-24)30-22(20)31-25(35)34(3)13-19-11-27-14-38-19/h11,14-18H,4-10,12-13H2,1-3H3,(H,28,29,30)(H,32,33,36)/t15-,16-,17-/m1/s1. The number of fused-ring (bicyclic) bond motifs is 1. The molecule has 0 radical (unpaired) electrons. The maximum absolute atomic E-state index is 11.7. The van der Waals surface area contributed by atoms with Gasteiger partial charge in [0.1, 0.15) is 5.52 Å². The Bertz CT molecular complexity index is 1430. The molecule has 2 N–H and O–H groups in total. The summed E-state index contributed by atoms with van der Waals surface area (Å²) < 4.78 is 7.06. The third-order valence-electron chi connectivity index (χ3n) is 8.25. The molecule has 0 unspecified atom stereocenters. The van der Waals surface area contributed by atoms with E-state index in [9.17, 15) is 4.79 Å². The van der Waals surface area contributed by atoms with Crippen molar-refractivity contribution in [3.63, 3.8) is 0 Å². The van der Waals surface area contributed by atoms with Crippen molar-refractivity contribution in [2.75, 3.05) is 17.3 Å². The van der Waals surface area contributed by atoms with Gasteiger partial charge in [-0.1, -0.05) is 31.3 Å². The molecule has 12 heteroatoms. The van der Waals surface area contributed by atoms with Gasteiger partial charge in [0.2, 0.25) is 17.6 Å². The number of anilines is 2. The lowest BCUT2D eigenvalue weighted by atomic mass is 9.80. The molecule has 11 nitrogen and oxygen atoms in total. The van der Waals surface area contributed by atoms with Crippen molar-refractivity contribution in [2.24, 2.45) is 17.8 Å². The zero-order valence-electron chi connectivity index (χ0n) is 22.2. The molecule has 2 saturated carbocycles. The molecular formula is C26H35N9O2S. The van der Waals surface area contributed by atoms with E-state index >= 15 is 0 Å². The Balaban J connectivity index is 1.46. The predicted octanol–water partition coefficient (Wildman–Crippen LogP) is 4.69. The SMILES string of the molecule is C[C@@H](Nc1nc(-c2noc(=O)[nH]2)nc2nc(N(C)Cc3cncs3)n(C[C@H]3CC[C@H](C)CC3)c12)C1CCC1. The van der Waals surface area contributed by atoms with Crippen LogP contribution in [0.1, 0.15) is 63.7 Å². The molecule has 0 amide bonds. The van der Waals surface area contributed by atoms with E-state index in [1.54, 1.807) is 11.3 Å². The Kier molecular flexibility index (Phi) is 6.89. The zero-order valence-corrected chi connectivity index (χ0v) is 23.0. The van der Waals surface area contributed by atoms with Gasteiger partial charge < -0.3 is 14.8 Å². The van der Waals surface area contributed by atoms with Crippen LogP contribution in [0.3, 0.4) is 0 Å². The Labute approximate surface area is 225 Å². The second-order valence-corrected chi connectivity index (χ2v) is 12.1. The first-order chi connectivity index (χ1) is 18.4. The number of imidazole rings is 1. The Morgan fingerprint density at radius 1 is 1.21 bits per heavy atom. The van der Waals surface area contributed by atoms with E-state index in [1.807, 2.05) is 11.7 Å². The molecule has 2 aliphatic carbocycles. The van der Waals surface area contributed by atoms with E-state index in [-0.39, 0.29) is 11.9 Å². The van der Waals surface area contributed by atoms with Crippen molar-refractivity contribution in [2.45, 2.75) is 77.9 Å². The minimum atomic E-state index is -0.636. The minimum absolute atomic E-state index is 0.201. The number of nitrogens with zero attached hydrogens (tertiary/aromatic N) is 7. The highest BCUT2D eigenvalue weighted by Gasteiger charge is 2.29. The van der Waals surface area contributed by atoms with Gasteiger partial charge in [0, 0.05) is 30.7 Å². The average Bonchev–Trinajstić information content (AvgIpc) is 3.60. The van der Waals surface area contributed by atoms with Crippen LogP contribution in [0.25, 0.3) is 22.8 Å². The number of nitrogens with one attached hydrogen (secondary N) is 2. The van der Waals surface area contributed by atoms with Crippen molar-refractivity contribution in [3.05, 3.63) is 27.1 Å².